The number of nitrogens with zero attached hydrogens (tertiary/aromatic N) is 2. The molecule has 0 atom stereocenters. The van der Waals surface area contributed by atoms with Crippen LogP contribution in [0.25, 0.3) is 0 Å². The molecule has 0 amide bonds. The van der Waals surface area contributed by atoms with Gasteiger partial charge in [-0.1, -0.05) is 0 Å². The van der Waals surface area contributed by atoms with Gasteiger partial charge >= 0.3 is 0 Å². The Hall–Kier alpha value is -0.0800. The zero-order chi connectivity index (χ0) is 5.86. The molecule has 0 spiro atoms. The molecule has 0 rings (SSSR count). The number of hydrogen-bond donors (Lipinski definition) is 0. The minimum Gasteiger partial charge on any atom is -0.286 e. The van der Waals surface area contributed by atoms with Crippen LogP contribution in [0.2, 0.25) is 0 Å². The summed E-state index contributed by atoms with van der Waals surface area (Å²) < 4.78 is 0. The van der Waals surface area contributed by atoms with Crippen LogP contribution >= 0.6 is 0 Å². The molecule has 0 aromatic carbocycles. The molecule has 2 nitrogen and oxygen atoms in total. The lowest BCUT2D eigenvalue weighted by molar-refractivity contribution is 0.329. The second kappa shape index (κ2) is 2.99. The van der Waals surface area contributed by atoms with Crippen LogP contribution in [0.3, 0.4) is 0 Å². The highest BCUT2D eigenvalue weighted by molar-refractivity contribution is 4.53. The van der Waals surface area contributed by atoms with E-state index < -0.39 is 0 Å². The molecule has 0 unspecified atom stereocenters. The van der Waals surface area contributed by atoms with Crippen LogP contribution in [-0.4, -0.2) is 38.0 Å². The molecule has 0 bridgehead atoms. The Morgan fingerprint density at radius 2 is 1.14 bits per heavy atom. The summed E-state index contributed by atoms with van der Waals surface area (Å²) in [5, 5.41) is 0. The molecular formula is C5H12N2. The summed E-state index contributed by atoms with van der Waals surface area (Å²) in [5.74, 6) is 0. The van der Waals surface area contributed by atoms with Crippen LogP contribution in [0.4, 0.5) is 0 Å². The van der Waals surface area contributed by atoms with Crippen LogP contribution in [0.15, 0.2) is 0 Å². The maximum atomic E-state index is 2.97. The van der Waals surface area contributed by atoms with Crippen molar-refractivity contribution in [1.82, 2.24) is 9.80 Å². The molecule has 0 saturated heterocycles. The SMILES string of the molecule is CN(C)[C]N(C)C. The van der Waals surface area contributed by atoms with E-state index in [1.165, 1.54) is 0 Å². The van der Waals surface area contributed by atoms with E-state index in [1.54, 1.807) is 0 Å². The van der Waals surface area contributed by atoms with E-state index in [0.29, 0.717) is 0 Å². The third kappa shape index (κ3) is 5.92. The normalized spacial score (nSPS) is 11.1. The van der Waals surface area contributed by atoms with Crippen molar-refractivity contribution in [3.05, 3.63) is 6.67 Å². The van der Waals surface area contributed by atoms with Crippen LogP contribution < -0.4 is 0 Å². The summed E-state index contributed by atoms with van der Waals surface area (Å²) in [7, 11) is 7.78. The Kier molecular flexibility index (Phi) is 2.96. The fourth-order valence-electron chi connectivity index (χ4n) is 0.400. The maximum absolute atomic E-state index is 2.97. The summed E-state index contributed by atoms with van der Waals surface area (Å²) in [6.45, 7) is 2.97. The van der Waals surface area contributed by atoms with E-state index in [1.807, 2.05) is 38.0 Å². The van der Waals surface area contributed by atoms with Gasteiger partial charge in [0.2, 0.25) is 0 Å². The lowest BCUT2D eigenvalue weighted by atomic mass is 10.8. The van der Waals surface area contributed by atoms with Gasteiger partial charge in [-0.15, -0.1) is 0 Å². The summed E-state index contributed by atoms with van der Waals surface area (Å²) in [6, 6.07) is 0. The predicted molar refractivity (Wildman–Crippen MR) is 30.6 cm³/mol. The number of hydrogen-bond acceptors (Lipinski definition) is 2. The van der Waals surface area contributed by atoms with Crippen molar-refractivity contribution in [2.24, 2.45) is 0 Å². The van der Waals surface area contributed by atoms with Gasteiger partial charge in [0.15, 0.2) is 0 Å². The predicted octanol–water partition coefficient (Wildman–Crippen LogP) is 0.106. The molecule has 42 valence electrons. The first-order valence-corrected chi connectivity index (χ1v) is 2.24. The van der Waals surface area contributed by atoms with Crippen LogP contribution in [-0.2, 0) is 0 Å². The van der Waals surface area contributed by atoms with Crippen molar-refractivity contribution >= 4 is 0 Å². The van der Waals surface area contributed by atoms with Gasteiger partial charge in [-0.3, -0.25) is 9.80 Å². The van der Waals surface area contributed by atoms with E-state index in [0.717, 1.165) is 0 Å². The summed E-state index contributed by atoms with van der Waals surface area (Å²) in [6.07, 6.45) is 0. The molecule has 2 radical (unpaired) electrons. The number of rotatable bonds is 2. The summed E-state index contributed by atoms with van der Waals surface area (Å²) in [4.78, 5) is 3.75. The summed E-state index contributed by atoms with van der Waals surface area (Å²) in [5.41, 5.74) is 0. The minimum atomic E-state index is 1.88. The highest BCUT2D eigenvalue weighted by atomic mass is 15.2. The van der Waals surface area contributed by atoms with Gasteiger partial charge in [-0.25, -0.2) is 0 Å². The first kappa shape index (κ1) is 6.92. The van der Waals surface area contributed by atoms with Gasteiger partial charge in [-0.05, 0) is 28.2 Å². The van der Waals surface area contributed by atoms with Crippen molar-refractivity contribution < 1.29 is 0 Å². The average molecular weight is 100 g/mol. The Morgan fingerprint density at radius 3 is 1.14 bits per heavy atom. The summed E-state index contributed by atoms with van der Waals surface area (Å²) >= 11 is 0. The molecule has 0 aliphatic carbocycles. The first-order valence-electron chi connectivity index (χ1n) is 2.24. The fourth-order valence-corrected chi connectivity index (χ4v) is 0.400. The molecule has 2 heteroatoms. The molecule has 0 aromatic rings. The fraction of sp³-hybridized carbons (Fsp3) is 0.800. The van der Waals surface area contributed by atoms with Crippen LogP contribution in [0.5, 0.6) is 0 Å². The van der Waals surface area contributed by atoms with Crippen molar-refractivity contribution in [2.75, 3.05) is 28.2 Å². The second-order valence-electron chi connectivity index (χ2n) is 1.89. The maximum Gasteiger partial charge on any atom is 0.145 e. The Labute approximate surface area is 45.7 Å². The molecule has 0 aliphatic heterocycles. The lowest BCUT2D eigenvalue weighted by Crippen LogP contribution is -2.20. The minimum absolute atomic E-state index is 1.88. The largest absolute Gasteiger partial charge is 0.286 e. The van der Waals surface area contributed by atoms with Crippen molar-refractivity contribution in [3.63, 3.8) is 0 Å². The highest BCUT2D eigenvalue weighted by Gasteiger charge is 1.90. The van der Waals surface area contributed by atoms with Gasteiger partial charge in [0, 0.05) is 0 Å². The van der Waals surface area contributed by atoms with Gasteiger partial charge in [0.05, 0.1) is 0 Å². The molecular weight excluding hydrogens is 88.1 g/mol. The lowest BCUT2D eigenvalue weighted by Gasteiger charge is -2.12. The third-order valence-corrected chi connectivity index (χ3v) is 0.400. The van der Waals surface area contributed by atoms with Crippen molar-refractivity contribution in [1.29, 1.82) is 0 Å². The van der Waals surface area contributed by atoms with E-state index in [-0.39, 0.29) is 0 Å². The van der Waals surface area contributed by atoms with Gasteiger partial charge in [0.1, 0.15) is 6.67 Å². The van der Waals surface area contributed by atoms with Gasteiger partial charge in [0.25, 0.3) is 0 Å². The Balaban J connectivity index is 2.95. The molecule has 0 aromatic heterocycles. The second-order valence-corrected chi connectivity index (χ2v) is 1.89. The third-order valence-electron chi connectivity index (χ3n) is 0.400. The molecule has 0 aliphatic rings. The standard InChI is InChI=1S/C5H12N2/c1-6(2)5-7(3)4/h1-4H3. The Morgan fingerprint density at radius 1 is 0.857 bits per heavy atom. The Bertz CT molecular complexity index is 35.3. The molecule has 0 fully saturated rings. The highest BCUT2D eigenvalue weighted by Crippen LogP contribution is 1.82. The molecule has 7 heavy (non-hydrogen) atoms. The quantitative estimate of drug-likeness (QED) is 0.454. The van der Waals surface area contributed by atoms with Gasteiger partial charge in [-0.2, -0.15) is 0 Å². The monoisotopic (exact) mass is 100 g/mol. The molecule has 0 N–H and O–H groups in total. The molecule has 0 heterocycles. The van der Waals surface area contributed by atoms with Crippen molar-refractivity contribution in [2.45, 2.75) is 0 Å². The van der Waals surface area contributed by atoms with Crippen LogP contribution in [0.1, 0.15) is 0 Å². The van der Waals surface area contributed by atoms with E-state index in [4.69, 9.17) is 0 Å². The zero-order valence-electron chi connectivity index (χ0n) is 5.39. The van der Waals surface area contributed by atoms with E-state index in [9.17, 15) is 0 Å². The van der Waals surface area contributed by atoms with Gasteiger partial charge < -0.3 is 0 Å². The van der Waals surface area contributed by atoms with Crippen LogP contribution in [0, 0.1) is 6.67 Å². The smallest absolute Gasteiger partial charge is 0.145 e. The zero-order valence-corrected chi connectivity index (χ0v) is 5.39. The van der Waals surface area contributed by atoms with E-state index >= 15 is 0 Å². The van der Waals surface area contributed by atoms with E-state index in [2.05, 4.69) is 6.67 Å². The average Bonchev–Trinajstić information content (AvgIpc) is 1.27. The first-order chi connectivity index (χ1) is 3.13. The molecule has 0 saturated carbocycles. The topological polar surface area (TPSA) is 6.48 Å². The van der Waals surface area contributed by atoms with Crippen molar-refractivity contribution in [3.8, 4) is 0 Å².